The van der Waals surface area contributed by atoms with E-state index in [1.165, 1.54) is 0 Å². The second kappa shape index (κ2) is 4.15. The van der Waals surface area contributed by atoms with E-state index in [0.717, 1.165) is 12.1 Å². The molecule has 0 saturated heterocycles. The third-order valence-electron chi connectivity index (χ3n) is 1.39. The van der Waals surface area contributed by atoms with Crippen molar-refractivity contribution in [2.24, 2.45) is 0 Å². The highest BCUT2D eigenvalue weighted by Gasteiger charge is 2.17. The maximum absolute atomic E-state index is 12.9. The van der Waals surface area contributed by atoms with Crippen molar-refractivity contribution < 1.29 is 13.6 Å². The summed E-state index contributed by atoms with van der Waals surface area (Å²) >= 11 is 8.17. The van der Waals surface area contributed by atoms with E-state index in [9.17, 15) is 13.6 Å². The Morgan fingerprint density at radius 3 is 2.54 bits per heavy atom. The highest BCUT2D eigenvalue weighted by molar-refractivity contribution is 9.10. The Hall–Kier alpha value is -0.480. The Morgan fingerprint density at radius 2 is 2.08 bits per heavy atom. The molecule has 0 aromatic heterocycles. The van der Waals surface area contributed by atoms with Crippen LogP contribution in [0.2, 0.25) is 0 Å². The molecular formula is C8H4BrClF2O. The number of benzene rings is 1. The standard InChI is InChI=1S/C8H4BrClF2O/c9-8(10)7(13)5-2-1-4(11)3-6(5)12/h1-3,8H. The van der Waals surface area contributed by atoms with Crippen LogP contribution in [0.25, 0.3) is 0 Å². The fraction of sp³-hybridized carbons (Fsp3) is 0.125. The Morgan fingerprint density at radius 1 is 1.46 bits per heavy atom. The maximum atomic E-state index is 12.9. The molecule has 0 aliphatic heterocycles. The molecule has 0 aliphatic rings. The quantitative estimate of drug-likeness (QED) is 0.595. The Bertz CT molecular complexity index is 341. The van der Waals surface area contributed by atoms with E-state index in [2.05, 4.69) is 15.9 Å². The minimum absolute atomic E-state index is 0.224. The van der Waals surface area contributed by atoms with Gasteiger partial charge in [0.2, 0.25) is 0 Å². The van der Waals surface area contributed by atoms with E-state index in [1.807, 2.05) is 0 Å². The predicted octanol–water partition coefficient (Wildman–Crippen LogP) is 3.11. The normalized spacial score (nSPS) is 12.6. The second-order valence-electron chi connectivity index (χ2n) is 2.29. The monoisotopic (exact) mass is 268 g/mol. The number of halogens is 4. The van der Waals surface area contributed by atoms with Gasteiger partial charge in [-0.1, -0.05) is 15.9 Å². The van der Waals surface area contributed by atoms with Gasteiger partial charge >= 0.3 is 0 Å². The van der Waals surface area contributed by atoms with E-state index >= 15 is 0 Å². The van der Waals surface area contributed by atoms with Crippen LogP contribution in [0.4, 0.5) is 8.78 Å². The van der Waals surface area contributed by atoms with Crippen LogP contribution in [-0.4, -0.2) is 10.1 Å². The van der Waals surface area contributed by atoms with Crippen LogP contribution in [0.3, 0.4) is 0 Å². The highest BCUT2D eigenvalue weighted by atomic mass is 79.9. The first-order valence-electron chi connectivity index (χ1n) is 3.30. The van der Waals surface area contributed by atoms with Gasteiger partial charge in [0.05, 0.1) is 5.56 Å². The Kier molecular flexibility index (Phi) is 3.39. The molecule has 1 nitrogen and oxygen atoms in total. The fourth-order valence-electron chi connectivity index (χ4n) is 0.807. The van der Waals surface area contributed by atoms with Crippen LogP contribution in [0.1, 0.15) is 10.4 Å². The van der Waals surface area contributed by atoms with Gasteiger partial charge in [-0.2, -0.15) is 0 Å². The van der Waals surface area contributed by atoms with E-state index < -0.39 is 21.7 Å². The zero-order valence-corrected chi connectivity index (χ0v) is 8.57. The number of Topliss-reactive ketones (excluding diaryl/α,β-unsaturated/α-hetero) is 1. The lowest BCUT2D eigenvalue weighted by atomic mass is 10.1. The van der Waals surface area contributed by atoms with E-state index in [-0.39, 0.29) is 5.56 Å². The van der Waals surface area contributed by atoms with Gasteiger partial charge in [0.15, 0.2) is 10.1 Å². The number of rotatable bonds is 2. The molecule has 1 aromatic carbocycles. The molecule has 0 radical (unpaired) electrons. The topological polar surface area (TPSA) is 17.1 Å². The number of carbonyl (C=O) groups is 1. The Balaban J connectivity index is 3.09. The van der Waals surface area contributed by atoms with Gasteiger partial charge in [-0.05, 0) is 12.1 Å². The average molecular weight is 269 g/mol. The smallest absolute Gasteiger partial charge is 0.194 e. The molecule has 1 aromatic rings. The van der Waals surface area contributed by atoms with Crippen molar-refractivity contribution in [1.29, 1.82) is 0 Å². The zero-order valence-electron chi connectivity index (χ0n) is 6.23. The Labute approximate surface area is 86.8 Å². The van der Waals surface area contributed by atoms with Crippen LogP contribution in [0, 0.1) is 11.6 Å². The van der Waals surface area contributed by atoms with Crippen LogP contribution in [0.15, 0.2) is 18.2 Å². The van der Waals surface area contributed by atoms with Crippen molar-refractivity contribution in [2.45, 2.75) is 4.29 Å². The fourth-order valence-corrected chi connectivity index (χ4v) is 1.17. The molecular weight excluding hydrogens is 265 g/mol. The van der Waals surface area contributed by atoms with Gasteiger partial charge in [0.1, 0.15) is 11.6 Å². The van der Waals surface area contributed by atoms with Crippen molar-refractivity contribution in [2.75, 3.05) is 0 Å². The maximum Gasteiger partial charge on any atom is 0.194 e. The first kappa shape index (κ1) is 10.6. The van der Waals surface area contributed by atoms with Crippen molar-refractivity contribution >= 4 is 33.3 Å². The van der Waals surface area contributed by atoms with Gasteiger partial charge in [-0.3, -0.25) is 4.79 Å². The van der Waals surface area contributed by atoms with Gasteiger partial charge in [-0.15, -0.1) is 11.6 Å². The summed E-state index contributed by atoms with van der Waals surface area (Å²) in [7, 11) is 0. The molecule has 0 aliphatic carbocycles. The van der Waals surface area contributed by atoms with Crippen molar-refractivity contribution in [1.82, 2.24) is 0 Å². The van der Waals surface area contributed by atoms with E-state index in [4.69, 9.17) is 11.6 Å². The van der Waals surface area contributed by atoms with Crippen molar-refractivity contribution in [3.8, 4) is 0 Å². The average Bonchev–Trinajstić information content (AvgIpc) is 2.03. The minimum Gasteiger partial charge on any atom is -0.291 e. The summed E-state index contributed by atoms with van der Waals surface area (Å²) in [6.07, 6.45) is 0. The summed E-state index contributed by atoms with van der Waals surface area (Å²) in [5.74, 6) is -2.26. The molecule has 0 spiro atoms. The summed E-state index contributed by atoms with van der Waals surface area (Å²) in [4.78, 5) is 11.1. The number of carbonyl (C=O) groups excluding carboxylic acids is 1. The molecule has 0 amide bonds. The number of hydrogen-bond acceptors (Lipinski definition) is 1. The first-order valence-corrected chi connectivity index (χ1v) is 4.65. The molecule has 70 valence electrons. The van der Waals surface area contributed by atoms with Gasteiger partial charge < -0.3 is 0 Å². The van der Waals surface area contributed by atoms with E-state index in [0.29, 0.717) is 6.07 Å². The van der Waals surface area contributed by atoms with Crippen LogP contribution in [0.5, 0.6) is 0 Å². The molecule has 13 heavy (non-hydrogen) atoms. The molecule has 1 rings (SSSR count). The second-order valence-corrected chi connectivity index (χ2v) is 4.17. The lowest BCUT2D eigenvalue weighted by Crippen LogP contribution is -2.09. The van der Waals surface area contributed by atoms with Gasteiger partial charge in [0, 0.05) is 6.07 Å². The van der Waals surface area contributed by atoms with Gasteiger partial charge in [-0.25, -0.2) is 8.78 Å². The molecule has 5 heteroatoms. The van der Waals surface area contributed by atoms with Crippen LogP contribution < -0.4 is 0 Å². The van der Waals surface area contributed by atoms with Crippen LogP contribution >= 0.6 is 27.5 Å². The molecule has 1 atom stereocenters. The van der Waals surface area contributed by atoms with Crippen molar-refractivity contribution in [3.63, 3.8) is 0 Å². The highest BCUT2D eigenvalue weighted by Crippen LogP contribution is 2.17. The van der Waals surface area contributed by atoms with E-state index in [1.54, 1.807) is 0 Å². The molecule has 0 heterocycles. The summed E-state index contributed by atoms with van der Waals surface area (Å²) in [6.45, 7) is 0. The molecule has 0 bridgehead atoms. The summed E-state index contributed by atoms with van der Waals surface area (Å²) < 4.78 is 24.3. The summed E-state index contributed by atoms with van der Waals surface area (Å²) in [5.41, 5.74) is -0.224. The number of ketones is 1. The summed E-state index contributed by atoms with van der Waals surface area (Å²) in [5, 5.41) is 0. The molecule has 0 saturated carbocycles. The number of hydrogen-bond donors (Lipinski definition) is 0. The molecule has 0 fully saturated rings. The third kappa shape index (κ3) is 2.48. The third-order valence-corrected chi connectivity index (χ3v) is 2.01. The summed E-state index contributed by atoms with van der Waals surface area (Å²) in [6, 6.07) is 2.70. The van der Waals surface area contributed by atoms with Crippen LogP contribution in [-0.2, 0) is 0 Å². The minimum atomic E-state index is -0.993. The predicted molar refractivity (Wildman–Crippen MR) is 49.3 cm³/mol. The van der Waals surface area contributed by atoms with Gasteiger partial charge in [0.25, 0.3) is 0 Å². The number of alkyl halides is 2. The molecule has 1 unspecified atom stereocenters. The van der Waals surface area contributed by atoms with Crippen molar-refractivity contribution in [3.05, 3.63) is 35.4 Å². The zero-order chi connectivity index (χ0) is 10.0. The molecule has 0 N–H and O–H groups in total. The lowest BCUT2D eigenvalue weighted by molar-refractivity contribution is 0.101. The largest absolute Gasteiger partial charge is 0.291 e. The first-order chi connectivity index (χ1) is 6.02. The SMILES string of the molecule is O=C(c1ccc(F)cc1F)C(Cl)Br. The lowest BCUT2D eigenvalue weighted by Gasteiger charge is -2.02.